The van der Waals surface area contributed by atoms with E-state index >= 15 is 0 Å². The van der Waals surface area contributed by atoms with Crippen molar-refractivity contribution in [2.75, 3.05) is 13.2 Å². The number of rotatable bonds is 48. The molecule has 2 unspecified atom stereocenters. The van der Waals surface area contributed by atoms with E-state index in [1.807, 2.05) is 6.08 Å². The van der Waals surface area contributed by atoms with Gasteiger partial charge in [-0.05, 0) is 57.8 Å². The highest BCUT2D eigenvalue weighted by atomic mass is 16.5. The molecule has 0 aromatic carbocycles. The van der Waals surface area contributed by atoms with E-state index in [9.17, 15) is 19.8 Å². The molecule has 6 heteroatoms. The minimum absolute atomic E-state index is 0.00600. The Balaban J connectivity index is 3.45. The SMILES string of the molecule is CCCCC/C=C\CCCCCCCC(=O)OCCCCCCCCCCCCCCCCCCCC(=O)NC(CO)C(O)/C=C/CCCCCCCCCCCCC. The number of hydrogen-bond donors (Lipinski definition) is 3. The summed E-state index contributed by atoms with van der Waals surface area (Å²) in [5.41, 5.74) is 0. The van der Waals surface area contributed by atoms with Crippen molar-refractivity contribution < 1.29 is 24.5 Å². The quantitative estimate of drug-likeness (QED) is 0.0322. The molecule has 0 aliphatic rings. The lowest BCUT2D eigenvalue weighted by Crippen LogP contribution is -2.45. The van der Waals surface area contributed by atoms with Crippen LogP contribution in [-0.2, 0) is 14.3 Å². The monoisotopic (exact) mass is 832 g/mol. The average molecular weight is 832 g/mol. The molecule has 6 nitrogen and oxygen atoms in total. The van der Waals surface area contributed by atoms with Crippen molar-refractivity contribution in [1.29, 1.82) is 0 Å². The van der Waals surface area contributed by atoms with Crippen LogP contribution in [0.3, 0.4) is 0 Å². The van der Waals surface area contributed by atoms with Crippen LogP contribution in [-0.4, -0.2) is 47.4 Å². The van der Waals surface area contributed by atoms with Gasteiger partial charge in [-0.15, -0.1) is 0 Å². The normalized spacial score (nSPS) is 12.8. The Morgan fingerprint density at radius 3 is 1.24 bits per heavy atom. The lowest BCUT2D eigenvalue weighted by molar-refractivity contribution is -0.143. The summed E-state index contributed by atoms with van der Waals surface area (Å²) in [7, 11) is 0. The maximum Gasteiger partial charge on any atom is 0.305 e. The Kier molecular flexibility index (Phi) is 47.6. The molecule has 0 saturated heterocycles. The molecule has 3 N–H and O–H groups in total. The van der Waals surface area contributed by atoms with Gasteiger partial charge in [0.25, 0.3) is 0 Å². The average Bonchev–Trinajstić information content (AvgIpc) is 3.24. The highest BCUT2D eigenvalue weighted by molar-refractivity contribution is 5.76. The molecule has 0 aliphatic heterocycles. The molecule has 0 saturated carbocycles. The highest BCUT2D eigenvalue weighted by Gasteiger charge is 2.18. The number of aliphatic hydroxyl groups is 2. The van der Waals surface area contributed by atoms with Crippen LogP contribution < -0.4 is 5.32 Å². The van der Waals surface area contributed by atoms with E-state index in [2.05, 4.69) is 31.3 Å². The number of esters is 1. The van der Waals surface area contributed by atoms with Gasteiger partial charge < -0.3 is 20.3 Å². The van der Waals surface area contributed by atoms with Gasteiger partial charge in [0.05, 0.1) is 25.4 Å². The first-order valence-electron chi connectivity index (χ1n) is 26.1. The minimum atomic E-state index is -0.847. The predicted molar refractivity (Wildman–Crippen MR) is 255 cm³/mol. The van der Waals surface area contributed by atoms with Crippen molar-refractivity contribution in [2.24, 2.45) is 0 Å². The van der Waals surface area contributed by atoms with E-state index in [0.29, 0.717) is 19.4 Å². The summed E-state index contributed by atoms with van der Waals surface area (Å²) in [4.78, 5) is 24.4. The molecule has 1 amide bonds. The third-order valence-corrected chi connectivity index (χ3v) is 12.0. The van der Waals surface area contributed by atoms with Crippen molar-refractivity contribution in [3.63, 3.8) is 0 Å². The second-order valence-corrected chi connectivity index (χ2v) is 17.9. The Labute approximate surface area is 367 Å². The molecule has 2 atom stereocenters. The first-order chi connectivity index (χ1) is 29.0. The van der Waals surface area contributed by atoms with E-state index in [4.69, 9.17) is 4.74 Å². The number of nitrogens with one attached hydrogen (secondary N) is 1. The molecular formula is C53H101NO5. The van der Waals surface area contributed by atoms with Crippen LogP contribution in [0.1, 0.15) is 277 Å². The third-order valence-electron chi connectivity index (χ3n) is 12.0. The summed E-state index contributed by atoms with van der Waals surface area (Å²) in [6, 6.07) is -0.630. The van der Waals surface area contributed by atoms with E-state index in [-0.39, 0.29) is 18.5 Å². The van der Waals surface area contributed by atoms with Gasteiger partial charge in [-0.25, -0.2) is 0 Å². The van der Waals surface area contributed by atoms with Crippen molar-refractivity contribution in [3.8, 4) is 0 Å². The van der Waals surface area contributed by atoms with Gasteiger partial charge in [-0.2, -0.15) is 0 Å². The number of hydrogen-bond acceptors (Lipinski definition) is 5. The summed E-state index contributed by atoms with van der Waals surface area (Å²) in [5, 5.41) is 23.0. The fraction of sp³-hybridized carbons (Fsp3) is 0.887. The van der Waals surface area contributed by atoms with Crippen LogP contribution >= 0.6 is 0 Å². The van der Waals surface area contributed by atoms with E-state index < -0.39 is 12.1 Å². The van der Waals surface area contributed by atoms with Crippen molar-refractivity contribution in [1.82, 2.24) is 5.32 Å². The molecule has 0 rings (SSSR count). The number of aliphatic hydroxyl groups excluding tert-OH is 2. The van der Waals surface area contributed by atoms with Crippen LogP contribution in [0, 0.1) is 0 Å². The van der Waals surface area contributed by atoms with Crippen LogP contribution in [0.2, 0.25) is 0 Å². The summed E-state index contributed by atoms with van der Waals surface area (Å²) in [6.07, 6.45) is 57.5. The largest absolute Gasteiger partial charge is 0.466 e. The first kappa shape index (κ1) is 57.3. The zero-order valence-electron chi connectivity index (χ0n) is 39.5. The number of ether oxygens (including phenoxy) is 1. The van der Waals surface area contributed by atoms with Gasteiger partial charge in [-0.3, -0.25) is 9.59 Å². The van der Waals surface area contributed by atoms with E-state index in [1.54, 1.807) is 6.08 Å². The zero-order valence-corrected chi connectivity index (χ0v) is 39.5. The maximum atomic E-state index is 12.4. The lowest BCUT2D eigenvalue weighted by Gasteiger charge is -2.20. The Bertz CT molecular complexity index is 920. The summed E-state index contributed by atoms with van der Waals surface area (Å²) < 4.78 is 5.45. The van der Waals surface area contributed by atoms with E-state index in [0.717, 1.165) is 44.9 Å². The molecule has 0 bridgehead atoms. The fourth-order valence-corrected chi connectivity index (χ4v) is 7.92. The number of carbonyl (C=O) groups excluding carboxylic acids is 2. The predicted octanol–water partition coefficient (Wildman–Crippen LogP) is 15.5. The van der Waals surface area contributed by atoms with Crippen molar-refractivity contribution in [2.45, 2.75) is 289 Å². The number of carbonyl (C=O) groups is 2. The van der Waals surface area contributed by atoms with Crippen LogP contribution in [0.5, 0.6) is 0 Å². The van der Waals surface area contributed by atoms with Crippen molar-refractivity contribution >= 4 is 11.9 Å². The number of unbranched alkanes of at least 4 members (excludes halogenated alkanes) is 35. The van der Waals surface area contributed by atoms with Gasteiger partial charge in [0.15, 0.2) is 0 Å². The van der Waals surface area contributed by atoms with Crippen LogP contribution in [0.15, 0.2) is 24.3 Å². The first-order valence-corrected chi connectivity index (χ1v) is 26.1. The minimum Gasteiger partial charge on any atom is -0.466 e. The summed E-state index contributed by atoms with van der Waals surface area (Å²) >= 11 is 0. The molecule has 0 spiro atoms. The molecule has 0 aromatic heterocycles. The van der Waals surface area contributed by atoms with Gasteiger partial charge in [0.1, 0.15) is 0 Å². The molecule has 0 heterocycles. The Morgan fingerprint density at radius 2 is 0.797 bits per heavy atom. The lowest BCUT2D eigenvalue weighted by atomic mass is 10.0. The van der Waals surface area contributed by atoms with Gasteiger partial charge >= 0.3 is 5.97 Å². The Morgan fingerprint density at radius 1 is 0.458 bits per heavy atom. The fourth-order valence-electron chi connectivity index (χ4n) is 7.92. The molecule has 59 heavy (non-hydrogen) atoms. The third kappa shape index (κ3) is 45.7. The van der Waals surface area contributed by atoms with E-state index in [1.165, 1.54) is 205 Å². The molecular weight excluding hydrogens is 731 g/mol. The molecule has 0 aromatic rings. The molecule has 0 radical (unpaired) electrons. The molecule has 348 valence electrons. The standard InChI is InChI=1S/C53H101NO5/c1-3-5-7-9-11-13-15-22-25-29-33-37-41-45-51(56)50(49-55)54-52(57)46-42-38-34-30-26-23-20-18-17-19-21-24-28-32-36-40-44-48-59-53(58)47-43-39-35-31-27-16-14-12-10-8-6-4-2/h12,14,41,45,50-51,55-56H,3-11,13,15-40,42-44,46-49H2,1-2H3,(H,54,57)/b14-12-,45-41+. The smallest absolute Gasteiger partial charge is 0.305 e. The maximum absolute atomic E-state index is 12.4. The Hall–Kier alpha value is -1.66. The number of allylic oxidation sites excluding steroid dienone is 3. The van der Waals surface area contributed by atoms with Gasteiger partial charge in [-0.1, -0.05) is 231 Å². The second kappa shape index (κ2) is 49.0. The number of amides is 1. The highest BCUT2D eigenvalue weighted by Crippen LogP contribution is 2.16. The van der Waals surface area contributed by atoms with Gasteiger partial charge in [0.2, 0.25) is 5.91 Å². The summed E-state index contributed by atoms with van der Waals surface area (Å²) in [5.74, 6) is -0.0798. The molecule has 0 aliphatic carbocycles. The van der Waals surface area contributed by atoms with Crippen molar-refractivity contribution in [3.05, 3.63) is 24.3 Å². The summed E-state index contributed by atoms with van der Waals surface area (Å²) in [6.45, 7) is 4.86. The van der Waals surface area contributed by atoms with Crippen LogP contribution in [0.25, 0.3) is 0 Å². The zero-order chi connectivity index (χ0) is 43.0. The van der Waals surface area contributed by atoms with Gasteiger partial charge in [0, 0.05) is 12.8 Å². The second-order valence-electron chi connectivity index (χ2n) is 17.9. The topological polar surface area (TPSA) is 95.9 Å². The van der Waals surface area contributed by atoms with Crippen LogP contribution in [0.4, 0.5) is 0 Å². The molecule has 0 fully saturated rings.